The standard InChI is InChI=1S/C12H14BrN3S/c1-8(4-6-14)12-15-7-5-9(16-12)10-2-3-11(13)17-10/h2-3,5,7-8H,4,6,14H2,1H3. The van der Waals surface area contributed by atoms with Crippen molar-refractivity contribution in [3.05, 3.63) is 34.0 Å². The molecule has 90 valence electrons. The summed E-state index contributed by atoms with van der Waals surface area (Å²) in [6, 6.07) is 6.04. The van der Waals surface area contributed by atoms with E-state index in [0.717, 1.165) is 26.6 Å². The molecule has 17 heavy (non-hydrogen) atoms. The van der Waals surface area contributed by atoms with E-state index in [1.807, 2.05) is 18.3 Å². The Labute approximate surface area is 113 Å². The fraction of sp³-hybridized carbons (Fsp3) is 0.333. The predicted molar refractivity (Wildman–Crippen MR) is 75.1 cm³/mol. The maximum Gasteiger partial charge on any atom is 0.131 e. The Bertz CT molecular complexity index is 498. The summed E-state index contributed by atoms with van der Waals surface area (Å²) in [5.41, 5.74) is 6.54. The lowest BCUT2D eigenvalue weighted by Gasteiger charge is -2.08. The van der Waals surface area contributed by atoms with Gasteiger partial charge in [0, 0.05) is 12.1 Å². The van der Waals surface area contributed by atoms with Crippen molar-refractivity contribution >= 4 is 27.3 Å². The molecule has 2 rings (SSSR count). The number of hydrogen-bond donors (Lipinski definition) is 1. The summed E-state index contributed by atoms with van der Waals surface area (Å²) in [5, 5.41) is 0. The van der Waals surface area contributed by atoms with Crippen molar-refractivity contribution in [2.45, 2.75) is 19.3 Å². The van der Waals surface area contributed by atoms with Crippen LogP contribution in [0, 0.1) is 0 Å². The van der Waals surface area contributed by atoms with Gasteiger partial charge in [-0.05, 0) is 47.1 Å². The molecule has 0 aliphatic rings. The van der Waals surface area contributed by atoms with E-state index < -0.39 is 0 Å². The molecule has 0 saturated carbocycles. The maximum absolute atomic E-state index is 5.56. The van der Waals surface area contributed by atoms with Crippen LogP contribution in [0.4, 0.5) is 0 Å². The Morgan fingerprint density at radius 2 is 2.24 bits per heavy atom. The number of nitrogens with zero attached hydrogens (tertiary/aromatic N) is 2. The largest absolute Gasteiger partial charge is 0.330 e. The fourth-order valence-corrected chi connectivity index (χ4v) is 2.94. The predicted octanol–water partition coefficient (Wildman–Crippen LogP) is 3.42. The van der Waals surface area contributed by atoms with Gasteiger partial charge in [-0.15, -0.1) is 11.3 Å². The van der Waals surface area contributed by atoms with Gasteiger partial charge in [-0.3, -0.25) is 0 Å². The highest BCUT2D eigenvalue weighted by molar-refractivity contribution is 9.11. The smallest absolute Gasteiger partial charge is 0.131 e. The molecule has 0 saturated heterocycles. The first-order valence-electron chi connectivity index (χ1n) is 5.49. The SMILES string of the molecule is CC(CCN)c1nccc(-c2ccc(Br)s2)n1. The molecule has 0 fully saturated rings. The van der Waals surface area contributed by atoms with Crippen LogP contribution in [0.5, 0.6) is 0 Å². The van der Waals surface area contributed by atoms with Gasteiger partial charge in [0.15, 0.2) is 0 Å². The molecular formula is C12H14BrN3S. The van der Waals surface area contributed by atoms with E-state index in [2.05, 4.69) is 38.9 Å². The Hall–Kier alpha value is -0.780. The molecule has 0 aromatic carbocycles. The van der Waals surface area contributed by atoms with Crippen LogP contribution in [0.1, 0.15) is 25.1 Å². The zero-order valence-electron chi connectivity index (χ0n) is 9.56. The molecule has 1 unspecified atom stereocenters. The van der Waals surface area contributed by atoms with E-state index in [4.69, 9.17) is 5.73 Å². The first-order valence-corrected chi connectivity index (χ1v) is 7.10. The van der Waals surface area contributed by atoms with Crippen LogP contribution in [0.2, 0.25) is 0 Å². The summed E-state index contributed by atoms with van der Waals surface area (Å²) in [6.45, 7) is 2.77. The first-order chi connectivity index (χ1) is 8.20. The third-order valence-electron chi connectivity index (χ3n) is 2.54. The lowest BCUT2D eigenvalue weighted by atomic mass is 10.1. The van der Waals surface area contributed by atoms with Crippen molar-refractivity contribution in [1.82, 2.24) is 9.97 Å². The molecule has 2 aromatic rings. The van der Waals surface area contributed by atoms with E-state index in [1.54, 1.807) is 11.3 Å². The lowest BCUT2D eigenvalue weighted by Crippen LogP contribution is -2.07. The number of hydrogen-bond acceptors (Lipinski definition) is 4. The van der Waals surface area contributed by atoms with Crippen molar-refractivity contribution in [3.8, 4) is 10.6 Å². The molecule has 2 heterocycles. The molecule has 0 amide bonds. The van der Waals surface area contributed by atoms with E-state index in [9.17, 15) is 0 Å². The number of thiophene rings is 1. The zero-order chi connectivity index (χ0) is 12.3. The minimum Gasteiger partial charge on any atom is -0.330 e. The van der Waals surface area contributed by atoms with Crippen LogP contribution in [0.15, 0.2) is 28.2 Å². The minimum absolute atomic E-state index is 0.309. The van der Waals surface area contributed by atoms with Crippen molar-refractivity contribution in [3.63, 3.8) is 0 Å². The minimum atomic E-state index is 0.309. The van der Waals surface area contributed by atoms with Crippen molar-refractivity contribution < 1.29 is 0 Å². The topological polar surface area (TPSA) is 51.8 Å². The van der Waals surface area contributed by atoms with Crippen molar-refractivity contribution in [1.29, 1.82) is 0 Å². The third kappa shape index (κ3) is 3.12. The summed E-state index contributed by atoms with van der Waals surface area (Å²) >= 11 is 5.14. The molecule has 3 nitrogen and oxygen atoms in total. The summed E-state index contributed by atoms with van der Waals surface area (Å²) < 4.78 is 1.11. The Morgan fingerprint density at radius 3 is 2.88 bits per heavy atom. The van der Waals surface area contributed by atoms with Crippen molar-refractivity contribution in [2.24, 2.45) is 5.73 Å². The first kappa shape index (κ1) is 12.7. The number of aromatic nitrogens is 2. The number of nitrogens with two attached hydrogens (primary N) is 1. The molecule has 2 aromatic heterocycles. The summed E-state index contributed by atoms with van der Waals surface area (Å²) in [4.78, 5) is 10.1. The molecule has 0 spiro atoms. The highest BCUT2D eigenvalue weighted by Crippen LogP contribution is 2.30. The second-order valence-corrected chi connectivity index (χ2v) is 6.35. The lowest BCUT2D eigenvalue weighted by molar-refractivity contribution is 0.648. The van der Waals surface area contributed by atoms with Gasteiger partial charge in [0.1, 0.15) is 5.82 Å². The fourth-order valence-electron chi connectivity index (χ4n) is 1.58. The van der Waals surface area contributed by atoms with E-state index >= 15 is 0 Å². The van der Waals surface area contributed by atoms with Crippen molar-refractivity contribution in [2.75, 3.05) is 6.54 Å². The number of rotatable bonds is 4. The van der Waals surface area contributed by atoms with Gasteiger partial charge >= 0.3 is 0 Å². The highest BCUT2D eigenvalue weighted by atomic mass is 79.9. The monoisotopic (exact) mass is 311 g/mol. The molecule has 5 heteroatoms. The van der Waals surface area contributed by atoms with Crippen LogP contribution in [-0.2, 0) is 0 Å². The maximum atomic E-state index is 5.56. The second-order valence-electron chi connectivity index (χ2n) is 3.88. The molecule has 0 aliphatic carbocycles. The van der Waals surface area contributed by atoms with Crippen LogP contribution in [-0.4, -0.2) is 16.5 Å². The number of halogens is 1. The van der Waals surface area contributed by atoms with Gasteiger partial charge in [-0.1, -0.05) is 6.92 Å². The Balaban J connectivity index is 2.28. The van der Waals surface area contributed by atoms with E-state index in [1.165, 1.54) is 0 Å². The van der Waals surface area contributed by atoms with Crippen LogP contribution >= 0.6 is 27.3 Å². The molecule has 1 atom stereocenters. The average molecular weight is 312 g/mol. The molecular weight excluding hydrogens is 298 g/mol. The van der Waals surface area contributed by atoms with Gasteiger partial charge in [-0.2, -0.15) is 0 Å². The normalized spacial score (nSPS) is 12.6. The molecule has 0 bridgehead atoms. The van der Waals surface area contributed by atoms with Crippen LogP contribution in [0.3, 0.4) is 0 Å². The van der Waals surface area contributed by atoms with Crippen LogP contribution in [0.25, 0.3) is 10.6 Å². The van der Waals surface area contributed by atoms with Gasteiger partial charge in [0.2, 0.25) is 0 Å². The quantitative estimate of drug-likeness (QED) is 0.941. The second kappa shape index (κ2) is 5.71. The van der Waals surface area contributed by atoms with E-state index in [0.29, 0.717) is 12.5 Å². The zero-order valence-corrected chi connectivity index (χ0v) is 12.0. The Morgan fingerprint density at radius 1 is 1.41 bits per heavy atom. The van der Waals surface area contributed by atoms with E-state index in [-0.39, 0.29) is 0 Å². The summed E-state index contributed by atoms with van der Waals surface area (Å²) in [7, 11) is 0. The van der Waals surface area contributed by atoms with Gasteiger partial charge in [-0.25, -0.2) is 9.97 Å². The third-order valence-corrected chi connectivity index (χ3v) is 4.19. The Kier molecular flexibility index (Phi) is 4.25. The molecule has 2 N–H and O–H groups in total. The van der Waals surface area contributed by atoms with Gasteiger partial charge in [0.25, 0.3) is 0 Å². The highest BCUT2D eigenvalue weighted by Gasteiger charge is 2.10. The average Bonchev–Trinajstić information content (AvgIpc) is 2.76. The molecule has 0 radical (unpaired) electrons. The summed E-state index contributed by atoms with van der Waals surface area (Å²) in [5.74, 6) is 1.18. The van der Waals surface area contributed by atoms with Gasteiger partial charge in [0.05, 0.1) is 14.4 Å². The van der Waals surface area contributed by atoms with Crippen LogP contribution < -0.4 is 5.73 Å². The van der Waals surface area contributed by atoms with Gasteiger partial charge < -0.3 is 5.73 Å². The molecule has 0 aliphatic heterocycles. The summed E-state index contributed by atoms with van der Waals surface area (Å²) in [6.07, 6.45) is 2.73.